The fraction of sp³-hybridized carbons (Fsp3) is 0.778. The average Bonchev–Trinajstić information content (AvgIpc) is 2.12. The van der Waals surface area contributed by atoms with Crippen LogP contribution in [-0.2, 0) is 9.59 Å². The van der Waals surface area contributed by atoms with E-state index in [4.69, 9.17) is 5.11 Å². The molecular formula is C9H18N2O3. The van der Waals surface area contributed by atoms with Crippen LogP contribution in [0.1, 0.15) is 26.7 Å². The van der Waals surface area contributed by atoms with Crippen LogP contribution in [0.3, 0.4) is 0 Å². The van der Waals surface area contributed by atoms with Crippen LogP contribution < -0.4 is 10.6 Å². The molecule has 0 rings (SSSR count). The standard InChI is InChI=1S/C9H18N2O3/c1-3-7(9(13)14)11-6-5-8(12)10-4-2/h7,11H,3-6H2,1-2H3,(H,10,12)(H,13,14). The zero-order chi connectivity index (χ0) is 11.0. The minimum Gasteiger partial charge on any atom is -0.480 e. The summed E-state index contributed by atoms with van der Waals surface area (Å²) in [5.74, 6) is -0.927. The Balaban J connectivity index is 3.61. The van der Waals surface area contributed by atoms with E-state index in [-0.39, 0.29) is 5.91 Å². The van der Waals surface area contributed by atoms with Gasteiger partial charge in [0.05, 0.1) is 0 Å². The molecule has 5 nitrogen and oxygen atoms in total. The van der Waals surface area contributed by atoms with Crippen molar-refractivity contribution in [2.24, 2.45) is 0 Å². The van der Waals surface area contributed by atoms with Crippen molar-refractivity contribution in [3.05, 3.63) is 0 Å². The monoisotopic (exact) mass is 202 g/mol. The number of nitrogens with one attached hydrogen (secondary N) is 2. The van der Waals surface area contributed by atoms with Gasteiger partial charge >= 0.3 is 5.97 Å². The number of carbonyl (C=O) groups excluding carboxylic acids is 1. The number of carboxylic acids is 1. The second-order valence-corrected chi connectivity index (χ2v) is 2.96. The zero-order valence-corrected chi connectivity index (χ0v) is 8.67. The smallest absolute Gasteiger partial charge is 0.320 e. The van der Waals surface area contributed by atoms with Crippen molar-refractivity contribution in [1.29, 1.82) is 0 Å². The molecule has 0 aromatic rings. The van der Waals surface area contributed by atoms with Crippen molar-refractivity contribution >= 4 is 11.9 Å². The van der Waals surface area contributed by atoms with Crippen molar-refractivity contribution in [1.82, 2.24) is 10.6 Å². The number of aliphatic carboxylic acids is 1. The van der Waals surface area contributed by atoms with Gasteiger partial charge < -0.3 is 15.7 Å². The third kappa shape index (κ3) is 5.53. The normalized spacial score (nSPS) is 12.1. The van der Waals surface area contributed by atoms with Crippen LogP contribution in [0.4, 0.5) is 0 Å². The highest BCUT2D eigenvalue weighted by Gasteiger charge is 2.13. The van der Waals surface area contributed by atoms with Gasteiger partial charge in [-0.1, -0.05) is 6.92 Å². The van der Waals surface area contributed by atoms with E-state index in [1.165, 1.54) is 0 Å². The van der Waals surface area contributed by atoms with E-state index in [1.807, 2.05) is 6.92 Å². The summed E-state index contributed by atoms with van der Waals surface area (Å²) in [6.45, 7) is 4.64. The molecule has 0 spiro atoms. The Morgan fingerprint density at radius 3 is 2.43 bits per heavy atom. The summed E-state index contributed by atoms with van der Waals surface area (Å²) in [6, 6.07) is -0.551. The van der Waals surface area contributed by atoms with Crippen molar-refractivity contribution in [3.63, 3.8) is 0 Å². The molecule has 0 aliphatic heterocycles. The summed E-state index contributed by atoms with van der Waals surface area (Å²) >= 11 is 0. The van der Waals surface area contributed by atoms with Gasteiger partial charge in [0, 0.05) is 19.5 Å². The number of hydrogen-bond acceptors (Lipinski definition) is 3. The molecule has 0 heterocycles. The molecule has 0 aromatic heterocycles. The first-order valence-corrected chi connectivity index (χ1v) is 4.84. The molecule has 1 amide bonds. The van der Waals surface area contributed by atoms with Gasteiger partial charge in [0.2, 0.25) is 5.91 Å². The lowest BCUT2D eigenvalue weighted by molar-refractivity contribution is -0.139. The van der Waals surface area contributed by atoms with E-state index < -0.39 is 12.0 Å². The third-order valence-electron chi connectivity index (χ3n) is 1.82. The Hall–Kier alpha value is -1.10. The molecule has 0 saturated heterocycles. The van der Waals surface area contributed by atoms with Gasteiger partial charge in [-0.25, -0.2) is 0 Å². The summed E-state index contributed by atoms with van der Waals surface area (Å²) in [7, 11) is 0. The molecular weight excluding hydrogens is 184 g/mol. The van der Waals surface area contributed by atoms with Crippen LogP contribution in [0, 0.1) is 0 Å². The van der Waals surface area contributed by atoms with Crippen LogP contribution in [-0.4, -0.2) is 36.1 Å². The van der Waals surface area contributed by atoms with Crippen molar-refractivity contribution in [3.8, 4) is 0 Å². The topological polar surface area (TPSA) is 78.4 Å². The lowest BCUT2D eigenvalue weighted by Gasteiger charge is -2.11. The van der Waals surface area contributed by atoms with Crippen molar-refractivity contribution in [2.75, 3.05) is 13.1 Å². The molecule has 14 heavy (non-hydrogen) atoms. The van der Waals surface area contributed by atoms with Crippen LogP contribution in [0.15, 0.2) is 0 Å². The molecule has 5 heteroatoms. The second kappa shape index (κ2) is 7.32. The zero-order valence-electron chi connectivity index (χ0n) is 8.67. The first kappa shape index (κ1) is 12.9. The number of carbonyl (C=O) groups is 2. The predicted molar refractivity (Wildman–Crippen MR) is 53.0 cm³/mol. The maximum atomic E-state index is 11.0. The van der Waals surface area contributed by atoms with Gasteiger partial charge in [-0.2, -0.15) is 0 Å². The van der Waals surface area contributed by atoms with Crippen LogP contribution in [0.25, 0.3) is 0 Å². The summed E-state index contributed by atoms with van der Waals surface area (Å²) in [6.07, 6.45) is 0.836. The minimum atomic E-state index is -0.872. The van der Waals surface area contributed by atoms with Gasteiger partial charge in [0.25, 0.3) is 0 Å². The molecule has 0 bridgehead atoms. The van der Waals surface area contributed by atoms with Crippen LogP contribution >= 0.6 is 0 Å². The van der Waals surface area contributed by atoms with Crippen LogP contribution in [0.5, 0.6) is 0 Å². The highest BCUT2D eigenvalue weighted by atomic mass is 16.4. The summed E-state index contributed by atoms with van der Waals surface area (Å²) in [5, 5.41) is 14.1. The first-order chi connectivity index (χ1) is 6.61. The van der Waals surface area contributed by atoms with E-state index in [9.17, 15) is 9.59 Å². The Morgan fingerprint density at radius 2 is 2.00 bits per heavy atom. The second-order valence-electron chi connectivity index (χ2n) is 2.96. The third-order valence-corrected chi connectivity index (χ3v) is 1.82. The van der Waals surface area contributed by atoms with Crippen molar-refractivity contribution < 1.29 is 14.7 Å². The Bertz CT molecular complexity index is 194. The molecule has 1 unspecified atom stereocenters. The summed E-state index contributed by atoms with van der Waals surface area (Å²) < 4.78 is 0. The quantitative estimate of drug-likeness (QED) is 0.541. The maximum absolute atomic E-state index is 11.0. The van der Waals surface area contributed by atoms with E-state index >= 15 is 0 Å². The van der Waals surface area contributed by atoms with E-state index in [0.717, 1.165) is 0 Å². The number of amides is 1. The SMILES string of the molecule is CCNC(=O)CCNC(CC)C(=O)O. The molecule has 0 aromatic carbocycles. The molecule has 82 valence electrons. The van der Waals surface area contributed by atoms with E-state index in [2.05, 4.69) is 10.6 Å². The van der Waals surface area contributed by atoms with E-state index in [1.54, 1.807) is 6.92 Å². The first-order valence-electron chi connectivity index (χ1n) is 4.84. The number of carboxylic acid groups (broad SMARTS) is 1. The van der Waals surface area contributed by atoms with Gasteiger partial charge in [-0.15, -0.1) is 0 Å². The molecule has 0 radical (unpaired) electrons. The maximum Gasteiger partial charge on any atom is 0.320 e. The highest BCUT2D eigenvalue weighted by molar-refractivity contribution is 5.76. The fourth-order valence-corrected chi connectivity index (χ4v) is 1.05. The van der Waals surface area contributed by atoms with Crippen molar-refractivity contribution in [2.45, 2.75) is 32.7 Å². The number of hydrogen-bond donors (Lipinski definition) is 3. The largest absolute Gasteiger partial charge is 0.480 e. The highest BCUT2D eigenvalue weighted by Crippen LogP contribution is 1.90. The predicted octanol–water partition coefficient (Wildman–Crippen LogP) is -0.0346. The lowest BCUT2D eigenvalue weighted by Crippen LogP contribution is -2.38. The lowest BCUT2D eigenvalue weighted by atomic mass is 10.2. The Kier molecular flexibility index (Phi) is 6.74. The molecule has 0 aliphatic rings. The van der Waals surface area contributed by atoms with E-state index in [0.29, 0.717) is 25.9 Å². The summed E-state index contributed by atoms with van der Waals surface area (Å²) in [4.78, 5) is 21.6. The molecule has 0 saturated carbocycles. The molecule has 3 N–H and O–H groups in total. The average molecular weight is 202 g/mol. The summed E-state index contributed by atoms with van der Waals surface area (Å²) in [5.41, 5.74) is 0. The number of rotatable bonds is 7. The molecule has 1 atom stereocenters. The molecule has 0 aliphatic carbocycles. The Labute approximate surface area is 83.9 Å². The van der Waals surface area contributed by atoms with Crippen LogP contribution in [0.2, 0.25) is 0 Å². The molecule has 0 fully saturated rings. The van der Waals surface area contributed by atoms with Gasteiger partial charge in [0.1, 0.15) is 6.04 Å². The fourth-order valence-electron chi connectivity index (χ4n) is 1.05. The Morgan fingerprint density at radius 1 is 1.36 bits per heavy atom. The van der Waals surface area contributed by atoms with Gasteiger partial charge in [0.15, 0.2) is 0 Å². The van der Waals surface area contributed by atoms with Gasteiger partial charge in [-0.05, 0) is 13.3 Å². The minimum absolute atomic E-state index is 0.0553. The van der Waals surface area contributed by atoms with Gasteiger partial charge in [-0.3, -0.25) is 9.59 Å².